The Morgan fingerprint density at radius 1 is 1.48 bits per heavy atom. The van der Waals surface area contributed by atoms with Gasteiger partial charge in [-0.25, -0.2) is 0 Å². The van der Waals surface area contributed by atoms with Gasteiger partial charge in [0.05, 0.1) is 26.2 Å². The Morgan fingerprint density at radius 3 is 2.86 bits per heavy atom. The lowest BCUT2D eigenvalue weighted by Gasteiger charge is -2.29. The molecule has 1 aromatic carbocycles. The number of benzene rings is 1. The minimum absolute atomic E-state index is 0.0854. The molecule has 1 fully saturated rings. The van der Waals surface area contributed by atoms with Crippen LogP contribution < -0.4 is 4.74 Å². The molecule has 2 unspecified atom stereocenters. The maximum Gasteiger partial charge on any atom is 0.310 e. The third-order valence-electron chi connectivity index (χ3n) is 4.05. The second kappa shape index (κ2) is 6.91. The van der Waals surface area contributed by atoms with Crippen LogP contribution >= 0.6 is 0 Å². The van der Waals surface area contributed by atoms with Crippen LogP contribution in [0.1, 0.15) is 18.1 Å². The first-order chi connectivity index (χ1) is 10.1. The summed E-state index contributed by atoms with van der Waals surface area (Å²) in [7, 11) is 1.66. The smallest absolute Gasteiger partial charge is 0.310 e. The van der Waals surface area contributed by atoms with Crippen molar-refractivity contribution < 1.29 is 19.4 Å². The summed E-state index contributed by atoms with van der Waals surface area (Å²) in [5.74, 6) is -0.405. The van der Waals surface area contributed by atoms with E-state index in [1.54, 1.807) is 7.11 Å². The van der Waals surface area contributed by atoms with Crippen LogP contribution in [0.3, 0.4) is 0 Å². The van der Waals surface area contributed by atoms with Crippen molar-refractivity contribution in [1.82, 2.24) is 4.90 Å². The minimum atomic E-state index is -0.785. The van der Waals surface area contributed by atoms with E-state index in [1.165, 1.54) is 5.56 Å². The predicted octanol–water partition coefficient (Wildman–Crippen LogP) is 1.93. The molecule has 21 heavy (non-hydrogen) atoms. The zero-order chi connectivity index (χ0) is 15.4. The maximum atomic E-state index is 11.3. The van der Waals surface area contributed by atoms with E-state index in [-0.39, 0.29) is 6.04 Å². The van der Waals surface area contributed by atoms with E-state index in [1.807, 2.05) is 26.0 Å². The van der Waals surface area contributed by atoms with Gasteiger partial charge in [-0.1, -0.05) is 24.6 Å². The summed E-state index contributed by atoms with van der Waals surface area (Å²) in [5.41, 5.74) is 2.25. The second-order valence-electron chi connectivity index (χ2n) is 5.43. The zero-order valence-electron chi connectivity index (χ0n) is 12.8. The molecule has 2 rings (SSSR count). The van der Waals surface area contributed by atoms with Crippen molar-refractivity contribution in [3.8, 4) is 5.75 Å². The molecule has 0 spiro atoms. The molecule has 0 saturated carbocycles. The molecule has 1 aliphatic heterocycles. The number of aliphatic carboxylic acids is 1. The van der Waals surface area contributed by atoms with Crippen LogP contribution in [0.15, 0.2) is 18.2 Å². The Balaban J connectivity index is 2.19. The molecule has 0 bridgehead atoms. The van der Waals surface area contributed by atoms with Crippen molar-refractivity contribution in [3.63, 3.8) is 0 Å². The Bertz CT molecular complexity index is 503. The Hall–Kier alpha value is -1.59. The van der Waals surface area contributed by atoms with Gasteiger partial charge in [-0.3, -0.25) is 9.69 Å². The average Bonchev–Trinajstić information content (AvgIpc) is 2.94. The lowest BCUT2D eigenvalue weighted by Crippen LogP contribution is -2.42. The fourth-order valence-electron chi connectivity index (χ4n) is 2.85. The number of likely N-dealkylation sites (N-methyl/N-ethyl adjacent to an activating group) is 1. The minimum Gasteiger partial charge on any atom is -0.496 e. The van der Waals surface area contributed by atoms with E-state index >= 15 is 0 Å². The monoisotopic (exact) mass is 293 g/mol. The number of nitrogens with zero attached hydrogens (tertiary/aromatic N) is 1. The number of carbonyl (C=O) groups is 1. The molecule has 0 aliphatic carbocycles. The molecule has 2 atom stereocenters. The van der Waals surface area contributed by atoms with Gasteiger partial charge in [0.2, 0.25) is 0 Å². The van der Waals surface area contributed by atoms with Crippen molar-refractivity contribution in [1.29, 1.82) is 0 Å². The summed E-state index contributed by atoms with van der Waals surface area (Å²) in [6.07, 6.45) is 0. The number of aryl methyl sites for hydroxylation is 1. The molecule has 1 N–H and O–H groups in total. The summed E-state index contributed by atoms with van der Waals surface area (Å²) in [5, 5.41) is 9.31. The zero-order valence-corrected chi connectivity index (χ0v) is 12.8. The van der Waals surface area contributed by atoms with E-state index in [4.69, 9.17) is 9.47 Å². The van der Waals surface area contributed by atoms with Gasteiger partial charge in [0.1, 0.15) is 5.75 Å². The molecule has 0 radical (unpaired) electrons. The van der Waals surface area contributed by atoms with Crippen molar-refractivity contribution in [3.05, 3.63) is 29.3 Å². The first-order valence-electron chi connectivity index (χ1n) is 7.25. The van der Waals surface area contributed by atoms with Gasteiger partial charge in [0, 0.05) is 18.2 Å². The first kappa shape index (κ1) is 15.8. The molecule has 0 aromatic heterocycles. The molecule has 1 aliphatic rings. The van der Waals surface area contributed by atoms with Gasteiger partial charge < -0.3 is 14.6 Å². The van der Waals surface area contributed by atoms with Gasteiger partial charge in [-0.2, -0.15) is 0 Å². The highest BCUT2D eigenvalue weighted by Gasteiger charge is 2.37. The Morgan fingerprint density at radius 2 is 2.24 bits per heavy atom. The van der Waals surface area contributed by atoms with E-state index in [2.05, 4.69) is 11.0 Å². The van der Waals surface area contributed by atoms with Gasteiger partial charge >= 0.3 is 5.97 Å². The molecule has 116 valence electrons. The van der Waals surface area contributed by atoms with Crippen LogP contribution in [0.2, 0.25) is 0 Å². The molecule has 0 amide bonds. The predicted molar refractivity (Wildman–Crippen MR) is 79.5 cm³/mol. The number of ether oxygens (including phenoxy) is 2. The first-order valence-corrected chi connectivity index (χ1v) is 7.25. The largest absolute Gasteiger partial charge is 0.496 e. The van der Waals surface area contributed by atoms with E-state index < -0.39 is 11.9 Å². The van der Waals surface area contributed by atoms with Gasteiger partial charge in [-0.05, 0) is 19.5 Å². The molecule has 1 heterocycles. The van der Waals surface area contributed by atoms with Gasteiger partial charge in [0.25, 0.3) is 0 Å². The van der Waals surface area contributed by atoms with Crippen molar-refractivity contribution in [2.45, 2.75) is 26.4 Å². The molecular weight excluding hydrogens is 270 g/mol. The summed E-state index contributed by atoms with van der Waals surface area (Å²) >= 11 is 0. The summed E-state index contributed by atoms with van der Waals surface area (Å²) in [6, 6.07) is 5.97. The lowest BCUT2D eigenvalue weighted by molar-refractivity contribution is -0.143. The van der Waals surface area contributed by atoms with Gasteiger partial charge in [0.15, 0.2) is 0 Å². The van der Waals surface area contributed by atoms with Crippen LogP contribution in [0.25, 0.3) is 0 Å². The number of hydrogen-bond acceptors (Lipinski definition) is 4. The number of hydrogen-bond donors (Lipinski definition) is 1. The topological polar surface area (TPSA) is 59.0 Å². The van der Waals surface area contributed by atoms with Gasteiger partial charge in [-0.15, -0.1) is 0 Å². The van der Waals surface area contributed by atoms with Crippen molar-refractivity contribution in [2.24, 2.45) is 5.92 Å². The quantitative estimate of drug-likeness (QED) is 0.868. The third-order valence-corrected chi connectivity index (χ3v) is 4.05. The van der Waals surface area contributed by atoms with E-state index in [0.29, 0.717) is 19.8 Å². The fraction of sp³-hybridized carbons (Fsp3) is 0.562. The highest BCUT2D eigenvalue weighted by Crippen LogP contribution is 2.26. The molecular formula is C16H23NO4. The molecule has 5 nitrogen and oxygen atoms in total. The number of rotatable bonds is 6. The highest BCUT2D eigenvalue weighted by molar-refractivity contribution is 5.71. The molecule has 1 saturated heterocycles. The Kier molecular flexibility index (Phi) is 5.20. The summed E-state index contributed by atoms with van der Waals surface area (Å²) < 4.78 is 10.8. The molecule has 1 aromatic rings. The number of carboxylic acids is 1. The van der Waals surface area contributed by atoms with Crippen molar-refractivity contribution >= 4 is 5.97 Å². The van der Waals surface area contributed by atoms with E-state index in [9.17, 15) is 9.90 Å². The molecule has 5 heteroatoms. The van der Waals surface area contributed by atoms with Crippen LogP contribution in [-0.4, -0.2) is 48.9 Å². The van der Waals surface area contributed by atoms with Crippen LogP contribution in [0, 0.1) is 12.8 Å². The van der Waals surface area contributed by atoms with Crippen molar-refractivity contribution in [2.75, 3.05) is 26.9 Å². The summed E-state index contributed by atoms with van der Waals surface area (Å²) in [6.45, 7) is 6.28. The van der Waals surface area contributed by atoms with E-state index in [0.717, 1.165) is 17.9 Å². The second-order valence-corrected chi connectivity index (χ2v) is 5.43. The van der Waals surface area contributed by atoms with Crippen LogP contribution in [0.5, 0.6) is 5.75 Å². The standard InChI is InChI=1S/C16H23NO4/c1-4-17(14-10-21-9-13(14)16(18)19)8-12-7-11(2)5-6-15(12)20-3/h5-7,13-14H,4,8-10H2,1-3H3,(H,18,19). The van der Waals surface area contributed by atoms with Crippen LogP contribution in [-0.2, 0) is 16.1 Å². The Labute approximate surface area is 125 Å². The normalized spacial score (nSPS) is 21.7. The highest BCUT2D eigenvalue weighted by atomic mass is 16.5. The lowest BCUT2D eigenvalue weighted by atomic mass is 10.0. The average molecular weight is 293 g/mol. The number of methoxy groups -OCH3 is 1. The SMILES string of the molecule is CCN(Cc1cc(C)ccc1OC)C1COCC1C(=O)O. The third kappa shape index (κ3) is 3.54. The number of carboxylic acid groups (broad SMARTS) is 1. The summed E-state index contributed by atoms with van der Waals surface area (Å²) in [4.78, 5) is 13.5. The fourth-order valence-corrected chi connectivity index (χ4v) is 2.85. The maximum absolute atomic E-state index is 11.3. The van der Waals surface area contributed by atoms with Crippen LogP contribution in [0.4, 0.5) is 0 Å².